The Morgan fingerprint density at radius 2 is 2.00 bits per heavy atom. The average Bonchev–Trinajstić information content (AvgIpc) is 3.25. The molecule has 0 fully saturated rings. The normalized spacial score (nSPS) is 11.2. The maximum absolute atomic E-state index is 14.1. The number of anilines is 1. The van der Waals surface area contributed by atoms with Crippen molar-refractivity contribution in [3.63, 3.8) is 0 Å². The fourth-order valence-electron chi connectivity index (χ4n) is 2.43. The Hall–Kier alpha value is -3.43. The van der Waals surface area contributed by atoms with Crippen LogP contribution in [0.1, 0.15) is 11.3 Å². The topological polar surface area (TPSA) is 81.7 Å². The van der Waals surface area contributed by atoms with Crippen molar-refractivity contribution in [2.45, 2.75) is 13.1 Å². The largest absolute Gasteiger partial charge is 0.451 e. The average molecular weight is 360 g/mol. The number of nitrogens with zero attached hydrogens (tertiary/aromatic N) is 5. The molecule has 0 aliphatic rings. The molecular formula is C16H11F3N6O. The monoisotopic (exact) mass is 360 g/mol. The zero-order valence-corrected chi connectivity index (χ0v) is 13.2. The van der Waals surface area contributed by atoms with Crippen LogP contribution < -0.4 is 5.32 Å². The van der Waals surface area contributed by atoms with E-state index in [2.05, 4.69) is 25.4 Å². The van der Waals surface area contributed by atoms with Crippen LogP contribution in [0.15, 0.2) is 41.5 Å². The molecule has 0 unspecified atom stereocenters. The van der Waals surface area contributed by atoms with Crippen LogP contribution in [0.25, 0.3) is 11.0 Å². The number of hydrogen-bond acceptors (Lipinski definition) is 6. The van der Waals surface area contributed by atoms with Gasteiger partial charge in [-0.05, 0) is 17.7 Å². The Morgan fingerprint density at radius 3 is 2.77 bits per heavy atom. The van der Waals surface area contributed by atoms with Gasteiger partial charge in [0.1, 0.15) is 17.5 Å². The Balaban J connectivity index is 1.55. The van der Waals surface area contributed by atoms with Crippen molar-refractivity contribution in [3.05, 3.63) is 65.9 Å². The zero-order chi connectivity index (χ0) is 18.1. The second-order valence-corrected chi connectivity index (χ2v) is 5.46. The van der Waals surface area contributed by atoms with Crippen LogP contribution in [0.4, 0.5) is 19.1 Å². The summed E-state index contributed by atoms with van der Waals surface area (Å²) < 4.78 is 46.5. The Bertz CT molecular complexity index is 1060. The van der Waals surface area contributed by atoms with Crippen molar-refractivity contribution in [2.75, 3.05) is 5.32 Å². The van der Waals surface area contributed by atoms with Crippen LogP contribution in [0.2, 0.25) is 0 Å². The van der Waals surface area contributed by atoms with E-state index in [0.717, 1.165) is 12.1 Å². The number of hydrogen-bond donors (Lipinski definition) is 1. The van der Waals surface area contributed by atoms with E-state index in [-0.39, 0.29) is 24.6 Å². The number of rotatable bonds is 5. The fourth-order valence-corrected chi connectivity index (χ4v) is 2.43. The van der Waals surface area contributed by atoms with Crippen molar-refractivity contribution in [2.24, 2.45) is 0 Å². The lowest BCUT2D eigenvalue weighted by atomic mass is 10.2. The standard InChI is InChI=1S/C16H11F3N6O/c17-11-2-1-9(3-12(11)18)4-20-16-21-5-13-14(23-16)15(19)24-25(13)6-10-7-26-8-22-10/h1-3,5,7-8H,4,6H2,(H,20,21,23). The second kappa shape index (κ2) is 6.47. The van der Waals surface area contributed by atoms with E-state index in [1.165, 1.54) is 29.6 Å². The summed E-state index contributed by atoms with van der Waals surface area (Å²) in [5, 5.41) is 6.63. The smallest absolute Gasteiger partial charge is 0.259 e. The summed E-state index contributed by atoms with van der Waals surface area (Å²) in [7, 11) is 0. The number of nitrogens with one attached hydrogen (secondary N) is 1. The maximum Gasteiger partial charge on any atom is 0.259 e. The van der Waals surface area contributed by atoms with Crippen LogP contribution >= 0.6 is 0 Å². The number of benzene rings is 1. The molecule has 3 heterocycles. The van der Waals surface area contributed by atoms with Crippen molar-refractivity contribution >= 4 is 17.0 Å². The van der Waals surface area contributed by atoms with Gasteiger partial charge in [0.05, 0.1) is 12.7 Å². The van der Waals surface area contributed by atoms with E-state index in [1.807, 2.05) is 0 Å². The van der Waals surface area contributed by atoms with Crippen LogP contribution in [0.5, 0.6) is 0 Å². The molecule has 0 bridgehead atoms. The van der Waals surface area contributed by atoms with Gasteiger partial charge in [0.25, 0.3) is 5.95 Å². The summed E-state index contributed by atoms with van der Waals surface area (Å²) in [5.41, 5.74) is 1.50. The van der Waals surface area contributed by atoms with E-state index in [0.29, 0.717) is 16.8 Å². The SMILES string of the molecule is Fc1ccc(CNc2ncc3c(n2)c(F)nn3Cc2cocn2)cc1F. The third-order valence-electron chi connectivity index (χ3n) is 3.68. The first kappa shape index (κ1) is 16.1. The molecule has 0 saturated heterocycles. The molecule has 0 aliphatic carbocycles. The van der Waals surface area contributed by atoms with Crippen molar-refractivity contribution in [1.29, 1.82) is 0 Å². The molecule has 4 aromatic rings. The predicted molar refractivity (Wildman–Crippen MR) is 84.6 cm³/mol. The number of oxazole rings is 1. The highest BCUT2D eigenvalue weighted by Gasteiger charge is 2.14. The lowest BCUT2D eigenvalue weighted by Crippen LogP contribution is -2.05. The minimum Gasteiger partial charge on any atom is -0.451 e. The third-order valence-corrected chi connectivity index (χ3v) is 3.68. The van der Waals surface area contributed by atoms with Crippen molar-refractivity contribution in [1.82, 2.24) is 24.7 Å². The van der Waals surface area contributed by atoms with E-state index < -0.39 is 17.6 Å². The highest BCUT2D eigenvalue weighted by molar-refractivity contribution is 5.75. The summed E-state index contributed by atoms with van der Waals surface area (Å²) in [4.78, 5) is 12.2. The zero-order valence-electron chi connectivity index (χ0n) is 13.2. The molecule has 1 aromatic carbocycles. The Labute approximate surface area is 144 Å². The summed E-state index contributed by atoms with van der Waals surface area (Å²) in [6.07, 6.45) is 4.13. The molecule has 0 radical (unpaired) electrons. The van der Waals surface area contributed by atoms with Gasteiger partial charge < -0.3 is 9.73 Å². The van der Waals surface area contributed by atoms with Gasteiger partial charge >= 0.3 is 0 Å². The highest BCUT2D eigenvalue weighted by atomic mass is 19.2. The summed E-state index contributed by atoms with van der Waals surface area (Å²) in [6.45, 7) is 0.360. The highest BCUT2D eigenvalue weighted by Crippen LogP contribution is 2.18. The quantitative estimate of drug-likeness (QED) is 0.589. The van der Waals surface area contributed by atoms with Gasteiger partial charge in [0.2, 0.25) is 5.95 Å². The lowest BCUT2D eigenvalue weighted by molar-refractivity contribution is 0.507. The first-order valence-electron chi connectivity index (χ1n) is 7.54. The number of aromatic nitrogens is 5. The molecule has 132 valence electrons. The molecule has 0 aliphatic heterocycles. The van der Waals surface area contributed by atoms with Gasteiger partial charge in [0, 0.05) is 6.54 Å². The Morgan fingerprint density at radius 1 is 1.12 bits per heavy atom. The third kappa shape index (κ3) is 3.08. The first-order chi connectivity index (χ1) is 12.6. The maximum atomic E-state index is 14.1. The molecule has 10 heteroatoms. The molecule has 1 N–H and O–H groups in total. The molecule has 4 rings (SSSR count). The lowest BCUT2D eigenvalue weighted by Gasteiger charge is -2.05. The second-order valence-electron chi connectivity index (χ2n) is 5.46. The van der Waals surface area contributed by atoms with E-state index in [9.17, 15) is 13.2 Å². The fraction of sp³-hybridized carbons (Fsp3) is 0.125. The van der Waals surface area contributed by atoms with Gasteiger partial charge in [-0.25, -0.2) is 23.7 Å². The van der Waals surface area contributed by atoms with Crippen LogP contribution in [0, 0.1) is 17.6 Å². The van der Waals surface area contributed by atoms with Crippen LogP contribution in [-0.4, -0.2) is 24.7 Å². The van der Waals surface area contributed by atoms with Crippen LogP contribution in [0.3, 0.4) is 0 Å². The molecule has 0 saturated carbocycles. The minimum absolute atomic E-state index is 0.0382. The summed E-state index contributed by atoms with van der Waals surface area (Å²) in [6, 6.07) is 3.53. The van der Waals surface area contributed by atoms with Gasteiger partial charge in [-0.3, -0.25) is 4.68 Å². The Kier molecular flexibility index (Phi) is 3.99. The summed E-state index contributed by atoms with van der Waals surface area (Å²) in [5.74, 6) is -2.47. The molecule has 0 atom stereocenters. The molecular weight excluding hydrogens is 349 g/mol. The van der Waals surface area contributed by atoms with Crippen LogP contribution in [-0.2, 0) is 13.1 Å². The van der Waals surface area contributed by atoms with Gasteiger partial charge in [0.15, 0.2) is 23.5 Å². The van der Waals surface area contributed by atoms with Crippen molar-refractivity contribution in [3.8, 4) is 0 Å². The molecule has 3 aromatic heterocycles. The molecule has 0 spiro atoms. The minimum atomic E-state index is -0.944. The molecule has 26 heavy (non-hydrogen) atoms. The van der Waals surface area contributed by atoms with E-state index >= 15 is 0 Å². The van der Waals surface area contributed by atoms with Gasteiger partial charge in [-0.1, -0.05) is 6.07 Å². The number of fused-ring (bicyclic) bond motifs is 1. The van der Waals surface area contributed by atoms with E-state index in [1.54, 1.807) is 0 Å². The van der Waals surface area contributed by atoms with E-state index in [4.69, 9.17) is 4.42 Å². The van der Waals surface area contributed by atoms with Gasteiger partial charge in [-0.15, -0.1) is 5.10 Å². The molecule has 7 nitrogen and oxygen atoms in total. The first-order valence-corrected chi connectivity index (χ1v) is 7.54. The molecule has 0 amide bonds. The van der Waals surface area contributed by atoms with Crippen molar-refractivity contribution < 1.29 is 17.6 Å². The van der Waals surface area contributed by atoms with Gasteiger partial charge in [-0.2, -0.15) is 4.39 Å². The summed E-state index contributed by atoms with van der Waals surface area (Å²) >= 11 is 0. The predicted octanol–water partition coefficient (Wildman–Crippen LogP) is 2.89. The number of halogens is 3.